The molecule has 1 rings (SSSR count). The summed E-state index contributed by atoms with van der Waals surface area (Å²) in [7, 11) is 3.37. The summed E-state index contributed by atoms with van der Waals surface area (Å²) in [5.74, 6) is -0.862. The molecule has 0 fully saturated rings. The van der Waals surface area contributed by atoms with Gasteiger partial charge in [-0.15, -0.1) is 13.2 Å². The third-order valence-corrected chi connectivity index (χ3v) is 2.71. The number of carbonyl (C=O) groups excluding carboxylic acids is 1. The van der Waals surface area contributed by atoms with Gasteiger partial charge in [-0.05, 0) is 36.0 Å². The van der Waals surface area contributed by atoms with Crippen LogP contribution in [0.2, 0.25) is 0 Å². The molecule has 0 atom stereocenters. The number of Topliss-reactive ketones (excluding diaryl/α,β-unsaturated/α-hetero) is 1. The van der Waals surface area contributed by atoms with E-state index in [1.165, 1.54) is 18.3 Å². The van der Waals surface area contributed by atoms with Gasteiger partial charge in [-0.3, -0.25) is 4.79 Å². The number of ketones is 1. The highest BCUT2D eigenvalue weighted by Crippen LogP contribution is 2.25. The Morgan fingerprint density at radius 3 is 2.33 bits per heavy atom. The summed E-state index contributed by atoms with van der Waals surface area (Å²) in [6.45, 7) is 0. The summed E-state index contributed by atoms with van der Waals surface area (Å²) in [5, 5.41) is 10.5. The predicted octanol–water partition coefficient (Wildman–Crippen LogP) is 3.39. The third-order valence-electron chi connectivity index (χ3n) is 2.10. The van der Waals surface area contributed by atoms with E-state index in [1.54, 1.807) is 24.4 Å². The molecule has 0 bridgehead atoms. The standard InChI is InChI=1S/C13H11F3N2O2S/c1-18(2)7-11(21-8-17)12(19)9-3-5-10(6-4-9)20-13(14,15)16/h3-7H,1-2H3/b11-7-. The van der Waals surface area contributed by atoms with E-state index in [4.69, 9.17) is 5.26 Å². The van der Waals surface area contributed by atoms with E-state index in [2.05, 4.69) is 4.74 Å². The van der Waals surface area contributed by atoms with Crippen LogP contribution >= 0.6 is 11.8 Å². The Hall–Kier alpha value is -2.14. The number of hydrogen-bond donors (Lipinski definition) is 0. The molecule has 0 aliphatic rings. The van der Waals surface area contributed by atoms with Gasteiger partial charge in [0.2, 0.25) is 5.78 Å². The predicted molar refractivity (Wildman–Crippen MR) is 72.4 cm³/mol. The van der Waals surface area contributed by atoms with Crippen molar-refractivity contribution in [3.63, 3.8) is 0 Å². The first-order valence-corrected chi connectivity index (χ1v) is 6.39. The molecule has 0 amide bonds. The van der Waals surface area contributed by atoms with Crippen LogP contribution in [0.1, 0.15) is 10.4 Å². The Morgan fingerprint density at radius 1 is 1.33 bits per heavy atom. The lowest BCUT2D eigenvalue weighted by Gasteiger charge is -2.10. The fourth-order valence-electron chi connectivity index (χ4n) is 1.37. The Morgan fingerprint density at radius 2 is 1.90 bits per heavy atom. The fraction of sp³-hybridized carbons (Fsp3) is 0.231. The van der Waals surface area contributed by atoms with Crippen LogP contribution in [0.15, 0.2) is 35.4 Å². The first kappa shape index (κ1) is 16.9. The number of nitrogens with zero attached hydrogens (tertiary/aromatic N) is 2. The number of nitriles is 1. The van der Waals surface area contributed by atoms with Crippen molar-refractivity contribution in [2.24, 2.45) is 0 Å². The minimum Gasteiger partial charge on any atom is -0.406 e. The van der Waals surface area contributed by atoms with Crippen molar-refractivity contribution >= 4 is 17.5 Å². The molecule has 0 N–H and O–H groups in total. The Labute approximate surface area is 123 Å². The summed E-state index contributed by atoms with van der Waals surface area (Å²) in [4.78, 5) is 13.9. The third kappa shape index (κ3) is 5.79. The average Bonchev–Trinajstić information content (AvgIpc) is 2.36. The van der Waals surface area contributed by atoms with Gasteiger partial charge >= 0.3 is 6.36 Å². The first-order valence-electron chi connectivity index (χ1n) is 5.57. The maximum Gasteiger partial charge on any atom is 0.573 e. The normalized spacial score (nSPS) is 11.7. The molecule has 0 aliphatic heterocycles. The summed E-state index contributed by atoms with van der Waals surface area (Å²) in [6.07, 6.45) is -3.31. The highest BCUT2D eigenvalue weighted by Gasteiger charge is 2.31. The molecule has 0 radical (unpaired) electrons. The smallest absolute Gasteiger partial charge is 0.406 e. The van der Waals surface area contributed by atoms with Crippen LogP contribution in [-0.4, -0.2) is 31.1 Å². The average molecular weight is 316 g/mol. The van der Waals surface area contributed by atoms with E-state index in [0.29, 0.717) is 11.8 Å². The van der Waals surface area contributed by atoms with Crippen LogP contribution in [0.3, 0.4) is 0 Å². The van der Waals surface area contributed by atoms with E-state index >= 15 is 0 Å². The number of thiocyanates is 1. The van der Waals surface area contributed by atoms with Crippen molar-refractivity contribution in [3.8, 4) is 11.2 Å². The van der Waals surface area contributed by atoms with Gasteiger partial charge in [-0.1, -0.05) is 0 Å². The van der Waals surface area contributed by atoms with E-state index in [1.807, 2.05) is 0 Å². The molecular weight excluding hydrogens is 305 g/mol. The molecule has 112 valence electrons. The summed E-state index contributed by atoms with van der Waals surface area (Å²) >= 11 is 0.686. The number of carbonyl (C=O) groups is 1. The molecule has 0 spiro atoms. The largest absolute Gasteiger partial charge is 0.573 e. The minimum atomic E-state index is -4.78. The van der Waals surface area contributed by atoms with Gasteiger partial charge < -0.3 is 9.64 Å². The fourth-order valence-corrected chi connectivity index (χ4v) is 1.94. The lowest BCUT2D eigenvalue weighted by molar-refractivity contribution is -0.274. The molecule has 1 aromatic rings. The molecule has 4 nitrogen and oxygen atoms in total. The molecule has 0 aliphatic carbocycles. The molecule has 0 unspecified atom stereocenters. The number of benzene rings is 1. The maximum atomic E-state index is 12.1. The minimum absolute atomic E-state index is 0.167. The van der Waals surface area contributed by atoms with E-state index in [-0.39, 0.29) is 10.5 Å². The van der Waals surface area contributed by atoms with Gasteiger partial charge in [0.15, 0.2) is 0 Å². The SMILES string of the molecule is CN(C)/C=C(\SC#N)C(=O)c1ccc(OC(F)(F)F)cc1. The zero-order valence-corrected chi connectivity index (χ0v) is 12.0. The van der Waals surface area contributed by atoms with Gasteiger partial charge in [0, 0.05) is 25.9 Å². The second-order valence-corrected chi connectivity index (χ2v) is 4.88. The monoisotopic (exact) mass is 316 g/mol. The van der Waals surface area contributed by atoms with Crippen molar-refractivity contribution in [1.82, 2.24) is 4.90 Å². The molecule has 0 heterocycles. The number of thioether (sulfide) groups is 1. The van der Waals surface area contributed by atoms with Crippen LogP contribution in [0, 0.1) is 10.7 Å². The molecule has 8 heteroatoms. The van der Waals surface area contributed by atoms with Gasteiger partial charge in [-0.25, -0.2) is 0 Å². The number of alkyl halides is 3. The highest BCUT2D eigenvalue weighted by molar-refractivity contribution is 8.08. The summed E-state index contributed by atoms with van der Waals surface area (Å²) < 4.78 is 39.8. The topological polar surface area (TPSA) is 53.3 Å². The number of halogens is 3. The molecule has 0 saturated heterocycles. The van der Waals surface area contributed by atoms with Crippen LogP contribution in [0.4, 0.5) is 13.2 Å². The van der Waals surface area contributed by atoms with E-state index < -0.39 is 17.9 Å². The first-order chi connectivity index (χ1) is 9.73. The summed E-state index contributed by atoms with van der Waals surface area (Å²) in [6, 6.07) is 4.52. The van der Waals surface area contributed by atoms with Crippen molar-refractivity contribution in [2.45, 2.75) is 6.36 Å². The molecular formula is C13H11F3N2O2S. The van der Waals surface area contributed by atoms with Gasteiger partial charge in [0.05, 0.1) is 4.91 Å². The number of hydrogen-bond acceptors (Lipinski definition) is 5. The molecule has 1 aromatic carbocycles. The summed E-state index contributed by atoms with van der Waals surface area (Å²) in [5.41, 5.74) is 0.167. The molecule has 0 aromatic heterocycles. The van der Waals surface area contributed by atoms with Gasteiger partial charge in [0.25, 0.3) is 0 Å². The maximum absolute atomic E-state index is 12.1. The van der Waals surface area contributed by atoms with Crippen LogP contribution in [0.5, 0.6) is 5.75 Å². The quantitative estimate of drug-likeness (QED) is 0.473. The van der Waals surface area contributed by atoms with E-state index in [9.17, 15) is 18.0 Å². The van der Waals surface area contributed by atoms with Gasteiger partial charge in [-0.2, -0.15) is 5.26 Å². The van der Waals surface area contributed by atoms with Gasteiger partial charge in [0.1, 0.15) is 11.2 Å². The second-order valence-electron chi connectivity index (χ2n) is 4.05. The number of allylic oxidation sites excluding steroid dienone is 1. The van der Waals surface area contributed by atoms with Crippen molar-refractivity contribution in [1.29, 1.82) is 5.26 Å². The number of ether oxygens (including phenoxy) is 1. The van der Waals surface area contributed by atoms with Crippen molar-refractivity contribution in [3.05, 3.63) is 40.9 Å². The van der Waals surface area contributed by atoms with Crippen molar-refractivity contribution in [2.75, 3.05) is 14.1 Å². The zero-order valence-electron chi connectivity index (χ0n) is 11.1. The molecule has 0 saturated carbocycles. The zero-order chi connectivity index (χ0) is 16.0. The lowest BCUT2D eigenvalue weighted by Crippen LogP contribution is -2.17. The number of rotatable bonds is 5. The Balaban J connectivity index is 2.95. The van der Waals surface area contributed by atoms with E-state index in [0.717, 1.165) is 12.1 Å². The van der Waals surface area contributed by atoms with Crippen LogP contribution < -0.4 is 4.74 Å². The van der Waals surface area contributed by atoms with Crippen molar-refractivity contribution < 1.29 is 22.7 Å². The Bertz CT molecular complexity index is 575. The van der Waals surface area contributed by atoms with Crippen LogP contribution in [0.25, 0.3) is 0 Å². The highest BCUT2D eigenvalue weighted by atomic mass is 32.2. The van der Waals surface area contributed by atoms with Crippen LogP contribution in [-0.2, 0) is 0 Å². The lowest BCUT2D eigenvalue weighted by atomic mass is 10.1. The molecule has 21 heavy (non-hydrogen) atoms. The Kier molecular flexibility index (Phi) is 5.67. The second kappa shape index (κ2) is 7.04.